The van der Waals surface area contributed by atoms with Crippen LogP contribution in [-0.4, -0.2) is 12.1 Å². The van der Waals surface area contributed by atoms with E-state index in [4.69, 9.17) is 4.65 Å². The average molecular weight is 347 g/mol. The van der Waals surface area contributed by atoms with Gasteiger partial charge in [0.1, 0.15) is 5.82 Å². The molecule has 1 N–H and O–H groups in total. The molecule has 5 heteroatoms. The molecule has 4 rings (SSSR count). The van der Waals surface area contributed by atoms with Crippen molar-refractivity contribution in [2.45, 2.75) is 19.7 Å². The number of hydrogen-bond acceptors (Lipinski definition) is 3. The molecule has 0 fully saturated rings. The molecule has 3 aromatic rings. The van der Waals surface area contributed by atoms with E-state index in [2.05, 4.69) is 29.2 Å². The van der Waals surface area contributed by atoms with Crippen molar-refractivity contribution in [1.82, 2.24) is 0 Å². The summed E-state index contributed by atoms with van der Waals surface area (Å²) in [5, 5.41) is 9.79. The van der Waals surface area contributed by atoms with E-state index in [9.17, 15) is 9.41 Å². The molecule has 0 aromatic heterocycles. The first kappa shape index (κ1) is 16.8. The first-order valence-corrected chi connectivity index (χ1v) is 8.65. The average Bonchev–Trinajstić information content (AvgIpc) is 3.04. The second-order valence-corrected chi connectivity index (χ2v) is 6.49. The second-order valence-electron chi connectivity index (χ2n) is 6.49. The fraction of sp³-hybridized carbons (Fsp3) is 0.143. The van der Waals surface area contributed by atoms with Crippen LogP contribution in [0.4, 0.5) is 10.1 Å². The Bertz CT molecular complexity index is 848. The minimum atomic E-state index is -1.17. The standard InChI is InChI=1S/C21H19BFNO2/c23-20-12-19(11-18-15-26-22(25)21(18)20)24(13-16-7-3-1-4-8-16)14-17-9-5-2-6-10-17/h1-12,25H,13-15H2. The minimum Gasteiger partial charge on any atom is -0.423 e. The third-order valence-corrected chi connectivity index (χ3v) is 4.64. The van der Waals surface area contributed by atoms with Crippen LogP contribution in [0.5, 0.6) is 0 Å². The van der Waals surface area contributed by atoms with Gasteiger partial charge in [0.05, 0.1) is 6.61 Å². The predicted molar refractivity (Wildman–Crippen MR) is 102 cm³/mol. The number of nitrogens with zero attached hydrogens (tertiary/aromatic N) is 1. The van der Waals surface area contributed by atoms with Gasteiger partial charge >= 0.3 is 7.12 Å². The molecule has 3 aromatic carbocycles. The quantitative estimate of drug-likeness (QED) is 0.720. The van der Waals surface area contributed by atoms with E-state index in [-0.39, 0.29) is 12.1 Å². The van der Waals surface area contributed by atoms with Gasteiger partial charge in [0, 0.05) is 24.2 Å². The molecule has 130 valence electrons. The van der Waals surface area contributed by atoms with E-state index in [0.717, 1.165) is 16.8 Å². The van der Waals surface area contributed by atoms with Crippen molar-refractivity contribution in [2.24, 2.45) is 0 Å². The molecule has 0 unspecified atom stereocenters. The lowest BCUT2D eigenvalue weighted by Crippen LogP contribution is -2.32. The smallest absolute Gasteiger partial charge is 0.423 e. The molecule has 3 nitrogen and oxygen atoms in total. The highest BCUT2D eigenvalue weighted by atomic mass is 19.1. The van der Waals surface area contributed by atoms with Gasteiger partial charge in [-0.25, -0.2) is 4.39 Å². The highest BCUT2D eigenvalue weighted by Crippen LogP contribution is 2.25. The normalized spacial score (nSPS) is 12.9. The molecular formula is C21H19BFNO2. The van der Waals surface area contributed by atoms with E-state index in [1.54, 1.807) is 0 Å². The second kappa shape index (κ2) is 7.32. The summed E-state index contributed by atoms with van der Waals surface area (Å²) in [6.45, 7) is 1.56. The summed E-state index contributed by atoms with van der Waals surface area (Å²) >= 11 is 0. The Morgan fingerprint density at radius 3 is 2.08 bits per heavy atom. The van der Waals surface area contributed by atoms with Gasteiger partial charge in [0.25, 0.3) is 0 Å². The summed E-state index contributed by atoms with van der Waals surface area (Å²) in [5.74, 6) is -0.423. The zero-order valence-electron chi connectivity index (χ0n) is 14.3. The van der Waals surface area contributed by atoms with Crippen LogP contribution in [0.25, 0.3) is 0 Å². The summed E-state index contributed by atoms with van der Waals surface area (Å²) < 4.78 is 19.7. The summed E-state index contributed by atoms with van der Waals surface area (Å²) in [6.07, 6.45) is 0. The van der Waals surface area contributed by atoms with Crippen LogP contribution >= 0.6 is 0 Å². The first-order chi connectivity index (χ1) is 12.7. The molecule has 0 bridgehead atoms. The third-order valence-electron chi connectivity index (χ3n) is 4.64. The van der Waals surface area contributed by atoms with Crippen molar-refractivity contribution < 1.29 is 14.1 Å². The zero-order valence-corrected chi connectivity index (χ0v) is 14.3. The topological polar surface area (TPSA) is 32.7 Å². The van der Waals surface area contributed by atoms with Crippen molar-refractivity contribution in [3.05, 3.63) is 95.3 Å². The Morgan fingerprint density at radius 1 is 0.923 bits per heavy atom. The maximum atomic E-state index is 14.6. The van der Waals surface area contributed by atoms with Crippen molar-refractivity contribution in [3.8, 4) is 0 Å². The summed E-state index contributed by atoms with van der Waals surface area (Å²) in [6, 6.07) is 23.6. The van der Waals surface area contributed by atoms with Gasteiger partial charge in [-0.3, -0.25) is 0 Å². The van der Waals surface area contributed by atoms with Crippen LogP contribution in [0.15, 0.2) is 72.8 Å². The molecule has 0 saturated heterocycles. The number of rotatable bonds is 5. The van der Waals surface area contributed by atoms with Gasteiger partial charge in [-0.05, 0) is 28.8 Å². The fourth-order valence-electron chi connectivity index (χ4n) is 3.34. The lowest BCUT2D eigenvalue weighted by molar-refractivity contribution is 0.275. The third kappa shape index (κ3) is 3.50. The Labute approximate surface area is 152 Å². The number of fused-ring (bicyclic) bond motifs is 1. The summed E-state index contributed by atoms with van der Waals surface area (Å²) in [4.78, 5) is 2.14. The molecule has 0 amide bonds. The van der Waals surface area contributed by atoms with E-state index in [1.807, 2.05) is 42.5 Å². The Kier molecular flexibility index (Phi) is 4.74. The molecular weight excluding hydrogens is 328 g/mol. The van der Waals surface area contributed by atoms with Gasteiger partial charge in [-0.15, -0.1) is 0 Å². The van der Waals surface area contributed by atoms with Gasteiger partial charge < -0.3 is 14.6 Å². The van der Waals surface area contributed by atoms with Crippen LogP contribution in [0.2, 0.25) is 0 Å². The maximum absolute atomic E-state index is 14.6. The van der Waals surface area contributed by atoms with Gasteiger partial charge in [0.15, 0.2) is 0 Å². The van der Waals surface area contributed by atoms with Crippen molar-refractivity contribution in [2.75, 3.05) is 4.90 Å². The van der Waals surface area contributed by atoms with Crippen molar-refractivity contribution in [1.29, 1.82) is 0 Å². The number of halogens is 1. The van der Waals surface area contributed by atoms with E-state index in [0.29, 0.717) is 18.7 Å². The Hall–Kier alpha value is -2.63. The predicted octanol–water partition coefficient (Wildman–Crippen LogP) is 3.25. The monoisotopic (exact) mass is 347 g/mol. The summed E-state index contributed by atoms with van der Waals surface area (Å²) in [5.41, 5.74) is 4.06. The lowest BCUT2D eigenvalue weighted by Gasteiger charge is -2.26. The number of benzene rings is 3. The van der Waals surface area contributed by atoms with E-state index >= 15 is 0 Å². The molecule has 26 heavy (non-hydrogen) atoms. The van der Waals surface area contributed by atoms with Gasteiger partial charge in [0.2, 0.25) is 0 Å². The molecule has 1 aliphatic heterocycles. The molecule has 1 heterocycles. The molecule has 0 atom stereocenters. The Morgan fingerprint density at radius 2 is 1.50 bits per heavy atom. The van der Waals surface area contributed by atoms with Gasteiger partial charge in [-0.2, -0.15) is 0 Å². The van der Waals surface area contributed by atoms with Crippen LogP contribution < -0.4 is 10.4 Å². The summed E-state index contributed by atoms with van der Waals surface area (Å²) in [7, 11) is -1.17. The van der Waals surface area contributed by atoms with Crippen molar-refractivity contribution >= 4 is 18.3 Å². The van der Waals surface area contributed by atoms with Crippen LogP contribution in [-0.2, 0) is 24.4 Å². The molecule has 1 aliphatic rings. The van der Waals surface area contributed by atoms with E-state index < -0.39 is 12.9 Å². The highest BCUT2D eigenvalue weighted by molar-refractivity contribution is 6.61. The molecule has 0 spiro atoms. The highest BCUT2D eigenvalue weighted by Gasteiger charge is 2.31. The van der Waals surface area contributed by atoms with Crippen LogP contribution in [0.3, 0.4) is 0 Å². The van der Waals surface area contributed by atoms with E-state index in [1.165, 1.54) is 6.07 Å². The fourth-order valence-corrected chi connectivity index (χ4v) is 3.34. The van der Waals surface area contributed by atoms with Crippen LogP contribution in [0.1, 0.15) is 16.7 Å². The maximum Gasteiger partial charge on any atom is 0.494 e. The lowest BCUT2D eigenvalue weighted by atomic mass is 9.79. The molecule has 0 radical (unpaired) electrons. The molecule has 0 aliphatic carbocycles. The van der Waals surface area contributed by atoms with Crippen molar-refractivity contribution in [3.63, 3.8) is 0 Å². The SMILES string of the molecule is OB1OCc2cc(N(Cc3ccccc3)Cc3ccccc3)cc(F)c21. The minimum absolute atomic E-state index is 0.228. The number of hydrogen-bond donors (Lipinski definition) is 1. The Balaban J connectivity index is 1.69. The first-order valence-electron chi connectivity index (χ1n) is 8.65. The molecule has 0 saturated carbocycles. The largest absolute Gasteiger partial charge is 0.494 e. The zero-order chi connectivity index (χ0) is 17.9. The number of anilines is 1. The van der Waals surface area contributed by atoms with Crippen LogP contribution in [0, 0.1) is 5.82 Å². The van der Waals surface area contributed by atoms with Gasteiger partial charge in [-0.1, -0.05) is 60.7 Å².